The normalized spacial score (nSPS) is 24.4. The smallest absolute Gasteiger partial charge is 0.0270 e. The highest BCUT2D eigenvalue weighted by atomic mass is 14.9. The molecular formula is C17H28N2. The second kappa shape index (κ2) is 7.64. The van der Waals surface area contributed by atoms with Crippen LogP contribution in [-0.4, -0.2) is 17.6 Å². The molecule has 0 aromatic carbocycles. The highest BCUT2D eigenvalue weighted by molar-refractivity contribution is 5.09. The van der Waals surface area contributed by atoms with Gasteiger partial charge in [-0.2, -0.15) is 0 Å². The molecule has 1 aliphatic carbocycles. The van der Waals surface area contributed by atoms with E-state index in [1.807, 2.05) is 12.4 Å². The summed E-state index contributed by atoms with van der Waals surface area (Å²) in [5.74, 6) is 1.81. The Hall–Kier alpha value is -0.890. The fourth-order valence-electron chi connectivity index (χ4n) is 3.17. The molecule has 1 aliphatic rings. The van der Waals surface area contributed by atoms with Crippen molar-refractivity contribution in [2.75, 3.05) is 6.54 Å². The third kappa shape index (κ3) is 4.94. The monoisotopic (exact) mass is 260 g/mol. The van der Waals surface area contributed by atoms with Crippen molar-refractivity contribution < 1.29 is 0 Å². The van der Waals surface area contributed by atoms with Crippen molar-refractivity contribution in [1.82, 2.24) is 10.3 Å². The molecule has 2 nitrogen and oxygen atoms in total. The van der Waals surface area contributed by atoms with Crippen LogP contribution in [0.25, 0.3) is 0 Å². The highest BCUT2D eigenvalue weighted by Crippen LogP contribution is 2.28. The molecule has 0 radical (unpaired) electrons. The molecule has 1 fully saturated rings. The number of nitrogens with zero attached hydrogens (tertiary/aromatic N) is 1. The van der Waals surface area contributed by atoms with Crippen LogP contribution in [0.5, 0.6) is 0 Å². The van der Waals surface area contributed by atoms with Gasteiger partial charge < -0.3 is 5.32 Å². The van der Waals surface area contributed by atoms with E-state index in [1.165, 1.54) is 37.7 Å². The van der Waals surface area contributed by atoms with Crippen molar-refractivity contribution in [3.05, 3.63) is 30.1 Å². The third-order valence-electron chi connectivity index (χ3n) is 4.55. The molecule has 0 bridgehead atoms. The summed E-state index contributed by atoms with van der Waals surface area (Å²) in [5, 5.41) is 3.75. The van der Waals surface area contributed by atoms with Gasteiger partial charge in [0.2, 0.25) is 0 Å². The van der Waals surface area contributed by atoms with Crippen LogP contribution in [-0.2, 0) is 6.42 Å². The number of rotatable bonds is 5. The van der Waals surface area contributed by atoms with Crippen LogP contribution < -0.4 is 5.32 Å². The maximum absolute atomic E-state index is 4.06. The Kier molecular flexibility index (Phi) is 5.84. The fraction of sp³-hybridized carbons (Fsp3) is 0.706. The van der Waals surface area contributed by atoms with E-state index >= 15 is 0 Å². The second-order valence-electron chi connectivity index (χ2n) is 6.27. The Balaban J connectivity index is 1.69. The first kappa shape index (κ1) is 14.5. The van der Waals surface area contributed by atoms with Gasteiger partial charge in [0, 0.05) is 18.4 Å². The molecule has 0 saturated heterocycles. The summed E-state index contributed by atoms with van der Waals surface area (Å²) in [5.41, 5.74) is 1.39. The number of hydrogen-bond acceptors (Lipinski definition) is 2. The number of hydrogen-bond donors (Lipinski definition) is 1. The lowest BCUT2D eigenvalue weighted by atomic mass is 9.89. The topological polar surface area (TPSA) is 24.9 Å². The van der Waals surface area contributed by atoms with E-state index < -0.39 is 0 Å². The van der Waals surface area contributed by atoms with Gasteiger partial charge in [-0.3, -0.25) is 4.98 Å². The molecule has 2 rings (SSSR count). The van der Waals surface area contributed by atoms with Gasteiger partial charge in [0.05, 0.1) is 0 Å². The minimum Gasteiger partial charge on any atom is -0.314 e. The average molecular weight is 260 g/mol. The highest BCUT2D eigenvalue weighted by Gasteiger charge is 2.20. The maximum atomic E-state index is 4.06. The standard InChI is InChI=1S/C17H28N2/c1-14(2)16-4-3-5-17(7-6-16)19-13-10-15-8-11-18-12-9-15/h8-9,11-12,14,16-17,19H,3-7,10,13H2,1-2H3. The summed E-state index contributed by atoms with van der Waals surface area (Å²) in [7, 11) is 0. The van der Waals surface area contributed by atoms with Gasteiger partial charge in [0.15, 0.2) is 0 Å². The zero-order chi connectivity index (χ0) is 13.5. The lowest BCUT2D eigenvalue weighted by molar-refractivity contribution is 0.338. The van der Waals surface area contributed by atoms with E-state index in [0.717, 1.165) is 30.8 Å². The first-order chi connectivity index (χ1) is 9.25. The van der Waals surface area contributed by atoms with Gasteiger partial charge in [-0.05, 0) is 61.8 Å². The number of nitrogens with one attached hydrogen (secondary N) is 1. The Morgan fingerprint density at radius 2 is 1.95 bits per heavy atom. The van der Waals surface area contributed by atoms with Gasteiger partial charge in [0.25, 0.3) is 0 Å². The molecular weight excluding hydrogens is 232 g/mol. The summed E-state index contributed by atoms with van der Waals surface area (Å²) < 4.78 is 0. The molecule has 2 heteroatoms. The molecule has 1 aromatic heterocycles. The molecule has 2 atom stereocenters. The predicted octanol–water partition coefficient (Wildman–Crippen LogP) is 3.82. The molecule has 106 valence electrons. The number of aromatic nitrogens is 1. The van der Waals surface area contributed by atoms with Crippen molar-refractivity contribution in [3.8, 4) is 0 Å². The molecule has 1 N–H and O–H groups in total. The van der Waals surface area contributed by atoms with Crippen molar-refractivity contribution in [3.63, 3.8) is 0 Å². The minimum absolute atomic E-state index is 0.741. The first-order valence-electron chi connectivity index (χ1n) is 7.88. The minimum atomic E-state index is 0.741. The van der Waals surface area contributed by atoms with Crippen LogP contribution in [0.15, 0.2) is 24.5 Å². The number of pyridine rings is 1. The molecule has 19 heavy (non-hydrogen) atoms. The first-order valence-corrected chi connectivity index (χ1v) is 7.88. The average Bonchev–Trinajstić information content (AvgIpc) is 2.66. The van der Waals surface area contributed by atoms with Crippen LogP contribution >= 0.6 is 0 Å². The van der Waals surface area contributed by atoms with Crippen LogP contribution in [0.4, 0.5) is 0 Å². The Bertz CT molecular complexity index is 348. The molecule has 0 spiro atoms. The van der Waals surface area contributed by atoms with E-state index in [4.69, 9.17) is 0 Å². The van der Waals surface area contributed by atoms with Crippen LogP contribution in [0.3, 0.4) is 0 Å². The summed E-state index contributed by atoms with van der Waals surface area (Å²) in [6, 6.07) is 4.97. The predicted molar refractivity (Wildman–Crippen MR) is 81.1 cm³/mol. The van der Waals surface area contributed by atoms with Gasteiger partial charge in [-0.25, -0.2) is 0 Å². The van der Waals surface area contributed by atoms with E-state index in [1.54, 1.807) is 0 Å². The molecule has 2 unspecified atom stereocenters. The van der Waals surface area contributed by atoms with Crippen LogP contribution in [0, 0.1) is 11.8 Å². The molecule has 0 amide bonds. The van der Waals surface area contributed by atoms with Crippen molar-refractivity contribution in [1.29, 1.82) is 0 Å². The van der Waals surface area contributed by atoms with Crippen LogP contribution in [0.1, 0.15) is 51.5 Å². The maximum Gasteiger partial charge on any atom is 0.0270 e. The summed E-state index contributed by atoms with van der Waals surface area (Å²) in [4.78, 5) is 4.06. The fourth-order valence-corrected chi connectivity index (χ4v) is 3.17. The zero-order valence-corrected chi connectivity index (χ0v) is 12.4. The summed E-state index contributed by atoms with van der Waals surface area (Å²) >= 11 is 0. The van der Waals surface area contributed by atoms with E-state index in [2.05, 4.69) is 36.3 Å². The Labute approximate surface area is 118 Å². The zero-order valence-electron chi connectivity index (χ0n) is 12.4. The molecule has 0 aliphatic heterocycles. The lowest BCUT2D eigenvalue weighted by Gasteiger charge is -2.19. The van der Waals surface area contributed by atoms with E-state index in [-0.39, 0.29) is 0 Å². The van der Waals surface area contributed by atoms with E-state index in [9.17, 15) is 0 Å². The summed E-state index contributed by atoms with van der Waals surface area (Å²) in [6.45, 7) is 5.85. The third-order valence-corrected chi connectivity index (χ3v) is 4.55. The van der Waals surface area contributed by atoms with Gasteiger partial charge in [-0.1, -0.05) is 26.7 Å². The van der Waals surface area contributed by atoms with Gasteiger partial charge in [-0.15, -0.1) is 0 Å². The Morgan fingerprint density at radius 3 is 2.68 bits per heavy atom. The molecule has 1 aromatic rings. The quantitative estimate of drug-likeness (QED) is 0.814. The SMILES string of the molecule is CC(C)C1CCCC(NCCc2ccncc2)CC1. The van der Waals surface area contributed by atoms with Gasteiger partial charge >= 0.3 is 0 Å². The van der Waals surface area contributed by atoms with Crippen molar-refractivity contribution >= 4 is 0 Å². The second-order valence-corrected chi connectivity index (χ2v) is 6.27. The van der Waals surface area contributed by atoms with E-state index in [0.29, 0.717) is 0 Å². The molecule has 1 heterocycles. The molecule has 1 saturated carbocycles. The lowest BCUT2D eigenvalue weighted by Crippen LogP contribution is -2.30. The Morgan fingerprint density at radius 1 is 1.16 bits per heavy atom. The van der Waals surface area contributed by atoms with Crippen molar-refractivity contribution in [2.24, 2.45) is 11.8 Å². The van der Waals surface area contributed by atoms with Crippen LogP contribution in [0.2, 0.25) is 0 Å². The van der Waals surface area contributed by atoms with Gasteiger partial charge in [0.1, 0.15) is 0 Å². The summed E-state index contributed by atoms with van der Waals surface area (Å²) in [6.07, 6.45) is 11.8. The van der Waals surface area contributed by atoms with Crippen molar-refractivity contribution in [2.45, 2.75) is 58.4 Å². The largest absolute Gasteiger partial charge is 0.314 e.